The van der Waals surface area contributed by atoms with E-state index in [1.165, 1.54) is 44.9 Å². The van der Waals surface area contributed by atoms with Gasteiger partial charge in [0.15, 0.2) is 0 Å². The third-order valence-electron chi connectivity index (χ3n) is 5.69. The van der Waals surface area contributed by atoms with E-state index in [1.54, 1.807) is 6.08 Å². The van der Waals surface area contributed by atoms with Crippen LogP contribution in [0.4, 0.5) is 17.1 Å². The summed E-state index contributed by atoms with van der Waals surface area (Å²) < 4.78 is 0. The minimum atomic E-state index is 0.651. The van der Waals surface area contributed by atoms with Gasteiger partial charge in [-0.25, -0.2) is 0 Å². The Kier molecular flexibility index (Phi) is 15.7. The van der Waals surface area contributed by atoms with Crippen LogP contribution in [0.1, 0.15) is 61.0 Å². The summed E-state index contributed by atoms with van der Waals surface area (Å²) in [6.45, 7) is 22.0. The third-order valence-corrected chi connectivity index (χ3v) is 5.69. The number of para-hydroxylation sites is 2. The molecular formula is C38H49N. The summed E-state index contributed by atoms with van der Waals surface area (Å²) in [5, 5.41) is 0. The molecule has 1 aliphatic heterocycles. The van der Waals surface area contributed by atoms with Crippen LogP contribution >= 0.6 is 0 Å². The lowest BCUT2D eigenvalue weighted by Crippen LogP contribution is -2.10. The molecule has 0 fully saturated rings. The first kappa shape index (κ1) is 33.2. The Morgan fingerprint density at radius 1 is 0.590 bits per heavy atom. The van der Waals surface area contributed by atoms with Crippen LogP contribution in [0.2, 0.25) is 0 Å². The standard InChI is InChI=1S/C25H19N.C7H12.3C2H6/c1-18-9-8-10-19(17-18)26-24-15-6-4-13-22(24)20-11-2-3-12-21(20)23-14-5-7-16-25(23)26;1-4-5-6-7(2)3;3*1-2/h2-17H,1H3;4-7H,1H2,2-3H3;3*1-2H3/b;6-5-;;;. The van der Waals surface area contributed by atoms with Gasteiger partial charge in [0.1, 0.15) is 0 Å². The molecule has 5 rings (SSSR count). The van der Waals surface area contributed by atoms with Crippen molar-refractivity contribution in [2.24, 2.45) is 5.92 Å². The molecule has 1 aliphatic rings. The van der Waals surface area contributed by atoms with E-state index in [2.05, 4.69) is 135 Å². The van der Waals surface area contributed by atoms with E-state index in [0.717, 1.165) is 0 Å². The minimum Gasteiger partial charge on any atom is -0.309 e. The summed E-state index contributed by atoms with van der Waals surface area (Å²) in [5.41, 5.74) is 9.99. The molecule has 206 valence electrons. The predicted octanol–water partition coefficient (Wildman–Crippen LogP) is 12.6. The molecule has 0 aliphatic carbocycles. The predicted molar refractivity (Wildman–Crippen MR) is 179 cm³/mol. The Bertz CT molecular complexity index is 1210. The Hall–Kier alpha value is -3.84. The molecule has 4 aromatic carbocycles. The van der Waals surface area contributed by atoms with Gasteiger partial charge in [-0.2, -0.15) is 0 Å². The largest absolute Gasteiger partial charge is 0.309 e. The second-order valence-corrected chi connectivity index (χ2v) is 8.62. The van der Waals surface area contributed by atoms with Gasteiger partial charge in [0.25, 0.3) is 0 Å². The van der Waals surface area contributed by atoms with Crippen LogP contribution in [0.15, 0.2) is 122 Å². The van der Waals surface area contributed by atoms with Gasteiger partial charge >= 0.3 is 0 Å². The second kappa shape index (κ2) is 18.4. The zero-order valence-corrected chi connectivity index (χ0v) is 25.7. The molecule has 0 aromatic heterocycles. The first-order valence-corrected chi connectivity index (χ1v) is 14.5. The Morgan fingerprint density at radius 3 is 1.41 bits per heavy atom. The second-order valence-electron chi connectivity index (χ2n) is 8.62. The van der Waals surface area contributed by atoms with E-state index in [1.807, 2.05) is 47.6 Å². The van der Waals surface area contributed by atoms with E-state index in [0.29, 0.717) is 5.92 Å². The molecule has 0 radical (unpaired) electrons. The number of benzene rings is 4. The van der Waals surface area contributed by atoms with Gasteiger partial charge in [-0.1, -0.05) is 153 Å². The van der Waals surface area contributed by atoms with Crippen molar-refractivity contribution in [3.63, 3.8) is 0 Å². The maximum atomic E-state index is 3.55. The highest BCUT2D eigenvalue weighted by molar-refractivity contribution is 6.02. The van der Waals surface area contributed by atoms with Gasteiger partial charge in [0.05, 0.1) is 11.4 Å². The van der Waals surface area contributed by atoms with Crippen LogP contribution in [-0.4, -0.2) is 0 Å². The minimum absolute atomic E-state index is 0.651. The number of fused-ring (bicyclic) bond motifs is 5. The Balaban J connectivity index is 0.000000502. The molecule has 0 bridgehead atoms. The average molecular weight is 520 g/mol. The van der Waals surface area contributed by atoms with Gasteiger partial charge in [-0.15, -0.1) is 0 Å². The lowest BCUT2D eigenvalue weighted by Gasteiger charge is -2.27. The van der Waals surface area contributed by atoms with E-state index < -0.39 is 0 Å². The van der Waals surface area contributed by atoms with Gasteiger partial charge in [0, 0.05) is 16.8 Å². The fourth-order valence-electron chi connectivity index (χ4n) is 4.22. The highest BCUT2D eigenvalue weighted by atomic mass is 15.1. The van der Waals surface area contributed by atoms with Crippen molar-refractivity contribution in [1.29, 1.82) is 0 Å². The third kappa shape index (κ3) is 8.86. The number of allylic oxidation sites excluding steroid dienone is 3. The topological polar surface area (TPSA) is 3.24 Å². The van der Waals surface area contributed by atoms with Crippen LogP contribution in [0.3, 0.4) is 0 Å². The first-order valence-electron chi connectivity index (χ1n) is 14.5. The molecular weight excluding hydrogens is 470 g/mol. The molecule has 0 atom stereocenters. The molecule has 0 spiro atoms. The van der Waals surface area contributed by atoms with E-state index in [9.17, 15) is 0 Å². The smallest absolute Gasteiger partial charge is 0.0540 e. The number of hydrogen-bond acceptors (Lipinski definition) is 1. The summed E-state index contributed by atoms with van der Waals surface area (Å²) in [4.78, 5) is 2.39. The molecule has 0 N–H and O–H groups in total. The van der Waals surface area contributed by atoms with E-state index >= 15 is 0 Å². The molecule has 39 heavy (non-hydrogen) atoms. The van der Waals surface area contributed by atoms with Crippen molar-refractivity contribution in [2.75, 3.05) is 4.90 Å². The quantitative estimate of drug-likeness (QED) is 0.214. The average Bonchev–Trinajstić information content (AvgIpc) is 3.12. The van der Waals surface area contributed by atoms with Crippen molar-refractivity contribution in [1.82, 2.24) is 0 Å². The monoisotopic (exact) mass is 519 g/mol. The number of nitrogens with zero attached hydrogens (tertiary/aromatic N) is 1. The summed E-state index contributed by atoms with van der Waals surface area (Å²) in [7, 11) is 0. The summed E-state index contributed by atoms with van der Waals surface area (Å²) in [5.74, 6) is 0.651. The van der Waals surface area contributed by atoms with Crippen molar-refractivity contribution in [3.8, 4) is 22.3 Å². The fourth-order valence-corrected chi connectivity index (χ4v) is 4.22. The van der Waals surface area contributed by atoms with Crippen LogP contribution in [0, 0.1) is 12.8 Å². The molecule has 0 saturated heterocycles. The van der Waals surface area contributed by atoms with Crippen molar-refractivity contribution >= 4 is 17.1 Å². The SMILES string of the molecule is C=C/C=C\C(C)C.CC.CC.CC.Cc1cccc(N2c3ccccc3-c3ccccc3-c3ccccc32)c1. The normalized spacial score (nSPS) is 10.4. The Morgan fingerprint density at radius 2 is 1.03 bits per heavy atom. The van der Waals surface area contributed by atoms with Crippen molar-refractivity contribution in [3.05, 3.63) is 127 Å². The molecule has 1 nitrogen and oxygen atoms in total. The molecule has 1 heterocycles. The van der Waals surface area contributed by atoms with E-state index in [4.69, 9.17) is 0 Å². The van der Waals surface area contributed by atoms with Crippen LogP contribution in [0.25, 0.3) is 22.3 Å². The molecule has 0 saturated carbocycles. The first-order chi connectivity index (χ1) is 19.1. The van der Waals surface area contributed by atoms with Gasteiger partial charge < -0.3 is 4.90 Å². The van der Waals surface area contributed by atoms with Crippen molar-refractivity contribution in [2.45, 2.75) is 62.3 Å². The lowest BCUT2D eigenvalue weighted by molar-refractivity contribution is 0.832. The highest BCUT2D eigenvalue weighted by Crippen LogP contribution is 2.50. The van der Waals surface area contributed by atoms with Gasteiger partial charge in [-0.3, -0.25) is 0 Å². The molecule has 0 amide bonds. The van der Waals surface area contributed by atoms with E-state index in [-0.39, 0.29) is 0 Å². The zero-order chi connectivity index (χ0) is 29.2. The maximum Gasteiger partial charge on any atom is 0.0540 e. The molecule has 0 unspecified atom stereocenters. The highest BCUT2D eigenvalue weighted by Gasteiger charge is 2.25. The van der Waals surface area contributed by atoms with Gasteiger partial charge in [0.2, 0.25) is 0 Å². The summed E-state index contributed by atoms with van der Waals surface area (Å²) in [6, 6.07) is 34.8. The fraction of sp³-hybridized carbons (Fsp3) is 0.263. The van der Waals surface area contributed by atoms with Gasteiger partial charge in [-0.05, 0) is 53.8 Å². The number of aryl methyl sites for hydroxylation is 1. The van der Waals surface area contributed by atoms with Crippen LogP contribution in [0.5, 0.6) is 0 Å². The number of anilines is 3. The number of rotatable bonds is 3. The number of hydrogen-bond donors (Lipinski definition) is 0. The zero-order valence-electron chi connectivity index (χ0n) is 25.7. The van der Waals surface area contributed by atoms with Crippen LogP contribution in [-0.2, 0) is 0 Å². The van der Waals surface area contributed by atoms with Crippen molar-refractivity contribution < 1.29 is 0 Å². The Labute approximate surface area is 239 Å². The maximum absolute atomic E-state index is 3.55. The molecule has 4 aromatic rings. The lowest BCUT2D eigenvalue weighted by atomic mass is 9.95. The van der Waals surface area contributed by atoms with Crippen LogP contribution < -0.4 is 4.90 Å². The molecule has 1 heteroatoms. The summed E-state index contributed by atoms with van der Waals surface area (Å²) >= 11 is 0. The summed E-state index contributed by atoms with van der Waals surface area (Å²) in [6.07, 6.45) is 5.86.